The lowest BCUT2D eigenvalue weighted by molar-refractivity contribution is 0.308. The molecule has 1 nitrogen and oxygen atoms in total. The Morgan fingerprint density at radius 2 is 1.67 bits per heavy atom. The summed E-state index contributed by atoms with van der Waals surface area (Å²) in [6.07, 6.45) is 5.93. The van der Waals surface area contributed by atoms with E-state index < -0.39 is 8.32 Å². The Hall–Kier alpha value is -0.263. The van der Waals surface area contributed by atoms with Crippen LogP contribution in [0.15, 0.2) is 0 Å². The third kappa shape index (κ3) is 3.42. The van der Waals surface area contributed by atoms with Crippen molar-refractivity contribution in [2.45, 2.75) is 45.3 Å². The molecule has 0 spiro atoms. The molecule has 70 valence electrons. The molecule has 0 aromatic carbocycles. The Labute approximate surface area is 77.6 Å². The minimum absolute atomic E-state index is 0.759. The first-order valence-corrected chi connectivity index (χ1v) is 7.35. The normalized spacial score (nSPS) is 11.2. The second kappa shape index (κ2) is 6.27. The van der Waals surface area contributed by atoms with Crippen molar-refractivity contribution in [2.75, 3.05) is 6.61 Å². The molecule has 0 N–H and O–H groups in total. The largest absolute Gasteiger partial charge is 0.416 e. The molecule has 0 atom stereocenters. The predicted molar refractivity (Wildman–Crippen MR) is 56.6 cm³/mol. The average Bonchev–Trinajstić information content (AvgIpc) is 2.14. The SMILES string of the molecule is C#CCCO[Si](CC)(CC)CC. The van der Waals surface area contributed by atoms with Crippen LogP contribution in [-0.2, 0) is 4.43 Å². The van der Waals surface area contributed by atoms with Crippen LogP contribution in [0.1, 0.15) is 27.2 Å². The Bertz CT molecular complexity index is 136. The highest BCUT2D eigenvalue weighted by Crippen LogP contribution is 2.21. The van der Waals surface area contributed by atoms with E-state index in [0.717, 1.165) is 13.0 Å². The Balaban J connectivity index is 3.86. The van der Waals surface area contributed by atoms with Crippen molar-refractivity contribution in [3.05, 3.63) is 0 Å². The van der Waals surface area contributed by atoms with Gasteiger partial charge in [0.2, 0.25) is 0 Å². The first-order chi connectivity index (χ1) is 5.74. The van der Waals surface area contributed by atoms with Gasteiger partial charge in [-0.15, -0.1) is 12.3 Å². The molecule has 0 fully saturated rings. The zero-order chi connectivity index (χ0) is 9.45. The Morgan fingerprint density at radius 3 is 2.00 bits per heavy atom. The molecule has 2 heteroatoms. The zero-order valence-electron chi connectivity index (χ0n) is 8.52. The zero-order valence-corrected chi connectivity index (χ0v) is 9.52. The summed E-state index contributed by atoms with van der Waals surface area (Å²) in [7, 11) is -1.35. The van der Waals surface area contributed by atoms with Crippen molar-refractivity contribution in [3.8, 4) is 12.3 Å². The minimum Gasteiger partial charge on any atom is -0.416 e. The summed E-state index contributed by atoms with van der Waals surface area (Å²) in [5, 5.41) is 0. The van der Waals surface area contributed by atoms with Crippen LogP contribution in [0.5, 0.6) is 0 Å². The molecule has 12 heavy (non-hydrogen) atoms. The van der Waals surface area contributed by atoms with Gasteiger partial charge in [-0.1, -0.05) is 20.8 Å². The summed E-state index contributed by atoms with van der Waals surface area (Å²) in [6, 6.07) is 3.64. The molecule has 0 saturated carbocycles. The predicted octanol–water partition coefficient (Wildman–Crippen LogP) is 3.03. The highest BCUT2D eigenvalue weighted by molar-refractivity contribution is 6.73. The Morgan fingerprint density at radius 1 is 1.17 bits per heavy atom. The standard InChI is InChI=1S/C10H20OSi/c1-5-9-10-11-12(6-2,7-3)8-4/h1H,6-10H2,2-4H3. The third-order valence-corrected chi connectivity index (χ3v) is 7.27. The summed E-state index contributed by atoms with van der Waals surface area (Å²) in [4.78, 5) is 0. The maximum atomic E-state index is 5.91. The summed E-state index contributed by atoms with van der Waals surface area (Å²) in [5.74, 6) is 2.61. The monoisotopic (exact) mass is 184 g/mol. The number of hydrogen-bond donors (Lipinski definition) is 0. The van der Waals surface area contributed by atoms with E-state index in [4.69, 9.17) is 10.8 Å². The van der Waals surface area contributed by atoms with Crippen LogP contribution < -0.4 is 0 Å². The molecule has 0 rings (SSSR count). The van der Waals surface area contributed by atoms with Gasteiger partial charge < -0.3 is 4.43 Å². The smallest absolute Gasteiger partial charge is 0.192 e. The summed E-state index contributed by atoms with van der Waals surface area (Å²) < 4.78 is 5.91. The maximum Gasteiger partial charge on any atom is 0.192 e. The van der Waals surface area contributed by atoms with E-state index in [1.165, 1.54) is 18.1 Å². The molecule has 0 radical (unpaired) electrons. The van der Waals surface area contributed by atoms with Crippen LogP contribution in [0.25, 0.3) is 0 Å². The van der Waals surface area contributed by atoms with Crippen LogP contribution in [-0.4, -0.2) is 14.9 Å². The molecular weight excluding hydrogens is 164 g/mol. The van der Waals surface area contributed by atoms with Gasteiger partial charge >= 0.3 is 0 Å². The van der Waals surface area contributed by atoms with E-state index in [1.54, 1.807) is 0 Å². The molecule has 0 aliphatic heterocycles. The van der Waals surface area contributed by atoms with E-state index in [2.05, 4.69) is 26.7 Å². The summed E-state index contributed by atoms with van der Waals surface area (Å²) in [5.41, 5.74) is 0. The van der Waals surface area contributed by atoms with Crippen molar-refractivity contribution < 1.29 is 4.43 Å². The molecule has 0 aliphatic carbocycles. The number of hydrogen-bond acceptors (Lipinski definition) is 1. The van der Waals surface area contributed by atoms with E-state index in [-0.39, 0.29) is 0 Å². The highest BCUT2D eigenvalue weighted by Gasteiger charge is 2.27. The van der Waals surface area contributed by atoms with Gasteiger partial charge in [0, 0.05) is 13.0 Å². The molecule has 0 heterocycles. The van der Waals surface area contributed by atoms with E-state index in [9.17, 15) is 0 Å². The molecule has 0 bridgehead atoms. The fourth-order valence-corrected chi connectivity index (χ4v) is 4.03. The highest BCUT2D eigenvalue weighted by atomic mass is 28.4. The van der Waals surface area contributed by atoms with Crippen LogP contribution in [0.3, 0.4) is 0 Å². The van der Waals surface area contributed by atoms with Gasteiger partial charge in [0.15, 0.2) is 8.32 Å². The summed E-state index contributed by atoms with van der Waals surface area (Å²) >= 11 is 0. The van der Waals surface area contributed by atoms with Crippen LogP contribution in [0, 0.1) is 12.3 Å². The van der Waals surface area contributed by atoms with Crippen molar-refractivity contribution in [1.82, 2.24) is 0 Å². The lowest BCUT2D eigenvalue weighted by atomic mass is 10.5. The van der Waals surface area contributed by atoms with Gasteiger partial charge in [0.1, 0.15) is 0 Å². The molecule has 0 aliphatic rings. The van der Waals surface area contributed by atoms with E-state index in [0.29, 0.717) is 0 Å². The lowest BCUT2D eigenvalue weighted by Gasteiger charge is -2.27. The quantitative estimate of drug-likeness (QED) is 0.350. The van der Waals surface area contributed by atoms with Crippen molar-refractivity contribution >= 4 is 8.32 Å². The second-order valence-electron chi connectivity index (χ2n) is 3.05. The third-order valence-electron chi connectivity index (χ3n) is 2.59. The molecule has 0 aromatic rings. The fraction of sp³-hybridized carbons (Fsp3) is 0.800. The average molecular weight is 184 g/mol. The Kier molecular flexibility index (Phi) is 6.14. The first-order valence-electron chi connectivity index (χ1n) is 4.82. The first kappa shape index (κ1) is 11.7. The second-order valence-corrected chi connectivity index (χ2v) is 7.82. The van der Waals surface area contributed by atoms with Gasteiger partial charge in [0.25, 0.3) is 0 Å². The van der Waals surface area contributed by atoms with Gasteiger partial charge in [-0.25, -0.2) is 0 Å². The minimum atomic E-state index is -1.35. The van der Waals surface area contributed by atoms with Gasteiger partial charge in [-0.3, -0.25) is 0 Å². The topological polar surface area (TPSA) is 9.23 Å². The van der Waals surface area contributed by atoms with Crippen LogP contribution in [0.2, 0.25) is 18.1 Å². The summed E-state index contributed by atoms with van der Waals surface area (Å²) in [6.45, 7) is 7.46. The van der Waals surface area contributed by atoms with Crippen LogP contribution in [0.4, 0.5) is 0 Å². The van der Waals surface area contributed by atoms with Crippen molar-refractivity contribution in [1.29, 1.82) is 0 Å². The molecule has 0 amide bonds. The van der Waals surface area contributed by atoms with E-state index >= 15 is 0 Å². The van der Waals surface area contributed by atoms with Crippen molar-refractivity contribution in [3.63, 3.8) is 0 Å². The number of rotatable bonds is 6. The van der Waals surface area contributed by atoms with E-state index in [1.807, 2.05) is 0 Å². The van der Waals surface area contributed by atoms with Gasteiger partial charge in [0.05, 0.1) is 0 Å². The molecule has 0 unspecified atom stereocenters. The molecular formula is C10H20OSi. The molecule has 0 saturated heterocycles. The fourth-order valence-electron chi connectivity index (χ4n) is 1.38. The maximum absolute atomic E-state index is 5.91. The van der Waals surface area contributed by atoms with Crippen LogP contribution >= 0.6 is 0 Å². The van der Waals surface area contributed by atoms with Gasteiger partial charge in [-0.05, 0) is 18.1 Å². The lowest BCUT2D eigenvalue weighted by Crippen LogP contribution is -2.35. The molecule has 0 aromatic heterocycles. The number of terminal acetylenes is 1. The van der Waals surface area contributed by atoms with Crippen molar-refractivity contribution in [2.24, 2.45) is 0 Å². The van der Waals surface area contributed by atoms with Gasteiger partial charge in [-0.2, -0.15) is 0 Å².